The lowest BCUT2D eigenvalue weighted by atomic mass is 10.2. The van der Waals surface area contributed by atoms with E-state index in [1.54, 1.807) is 14.0 Å². The molecule has 0 aliphatic carbocycles. The van der Waals surface area contributed by atoms with E-state index in [0.29, 0.717) is 29.3 Å². The van der Waals surface area contributed by atoms with Gasteiger partial charge < -0.3 is 14.4 Å². The number of amides is 1. The second kappa shape index (κ2) is 10.9. The molecule has 1 aromatic rings. The Hall–Kier alpha value is -0.800. The Morgan fingerprint density at radius 3 is 2.46 bits per heavy atom. The summed E-state index contributed by atoms with van der Waals surface area (Å²) < 4.78 is 25.3. The smallest absolute Gasteiger partial charge is 0.410 e. The first-order valence-electron chi connectivity index (χ1n) is 7.70. The van der Waals surface area contributed by atoms with Crippen LogP contribution >= 0.6 is 28.3 Å². The van der Waals surface area contributed by atoms with Gasteiger partial charge in [-0.1, -0.05) is 13.8 Å². The van der Waals surface area contributed by atoms with Crippen molar-refractivity contribution in [3.05, 3.63) is 16.1 Å². The van der Waals surface area contributed by atoms with Crippen molar-refractivity contribution in [1.82, 2.24) is 13.9 Å². The van der Waals surface area contributed by atoms with Crippen LogP contribution in [0.4, 0.5) is 8.68 Å². The molecule has 0 saturated heterocycles. The Morgan fingerprint density at radius 1 is 1.42 bits per heavy atom. The maximum Gasteiger partial charge on any atom is 0.410 e. The number of hydrogen-bond donors (Lipinski definition) is 0. The number of hydrogen-bond acceptors (Lipinski definition) is 5. The van der Waals surface area contributed by atoms with Gasteiger partial charge in [0.05, 0.1) is 13.2 Å². The average molecular weight is 428 g/mol. The fraction of sp³-hybridized carbons (Fsp3) is 0.733. The highest BCUT2D eigenvalue weighted by Crippen LogP contribution is 2.25. The van der Waals surface area contributed by atoms with Gasteiger partial charge in [-0.25, -0.2) is 13.8 Å². The van der Waals surface area contributed by atoms with Gasteiger partial charge in [0.15, 0.2) is 12.3 Å². The summed E-state index contributed by atoms with van der Waals surface area (Å²) in [7, 11) is 1.64. The van der Waals surface area contributed by atoms with E-state index < -0.39 is 11.7 Å². The largest absolute Gasteiger partial charge is 0.444 e. The Kier molecular flexibility index (Phi) is 10.6. The highest BCUT2D eigenvalue weighted by molar-refractivity contribution is 9.10. The first-order chi connectivity index (χ1) is 11.2. The van der Waals surface area contributed by atoms with Gasteiger partial charge in [0.1, 0.15) is 21.7 Å². The third kappa shape index (κ3) is 7.85. The maximum atomic E-state index is 12.7. The molecule has 0 aromatic carbocycles. The molecule has 0 fully saturated rings. The van der Waals surface area contributed by atoms with Gasteiger partial charge in [-0.2, -0.15) is 0 Å². The van der Waals surface area contributed by atoms with Crippen LogP contribution in [0.15, 0.2) is 4.60 Å². The number of likely N-dealkylation sites (N-methyl/N-ethyl adjacent to an activating group) is 1. The van der Waals surface area contributed by atoms with Crippen LogP contribution in [0.3, 0.4) is 0 Å². The number of aryl methyl sites for hydroxylation is 1. The molecule has 24 heavy (non-hydrogen) atoms. The van der Waals surface area contributed by atoms with E-state index in [0.717, 1.165) is 0 Å². The Balaban J connectivity index is 0.00000254. The van der Waals surface area contributed by atoms with Gasteiger partial charge >= 0.3 is 6.09 Å². The van der Waals surface area contributed by atoms with E-state index in [2.05, 4.69) is 20.9 Å². The van der Waals surface area contributed by atoms with Crippen molar-refractivity contribution in [3.8, 4) is 0 Å². The molecular formula is C15H27BrFN3O3S. The van der Waals surface area contributed by atoms with Crippen molar-refractivity contribution in [2.75, 3.05) is 20.2 Å². The molecule has 0 spiro atoms. The highest BCUT2D eigenvalue weighted by atomic mass is 79.9. The van der Waals surface area contributed by atoms with Crippen molar-refractivity contribution >= 4 is 34.4 Å². The molecule has 0 radical (unpaired) electrons. The minimum atomic E-state index is -0.522. The molecule has 1 heterocycles. The van der Waals surface area contributed by atoms with Crippen LogP contribution in [-0.2, 0) is 16.1 Å². The standard InChI is InChI=1S/C13H21BrFN3O3S.C2H6/c1-9-16-10(11(14)18(9)22-15)8-20-7-6-17(5)12(19)21-13(2,3)4;1-2/h6-8H2,1-5H3;1-2H3. The van der Waals surface area contributed by atoms with Crippen molar-refractivity contribution < 1.29 is 18.2 Å². The minimum Gasteiger partial charge on any atom is -0.444 e. The first-order valence-corrected chi connectivity index (χ1v) is 9.17. The van der Waals surface area contributed by atoms with Gasteiger partial charge in [0.2, 0.25) is 0 Å². The molecule has 0 aliphatic heterocycles. The predicted octanol–water partition coefficient (Wildman–Crippen LogP) is 4.74. The zero-order valence-corrected chi connectivity index (χ0v) is 17.8. The molecule has 0 aliphatic rings. The molecule has 1 amide bonds. The molecule has 0 saturated carbocycles. The molecule has 1 aromatic heterocycles. The topological polar surface area (TPSA) is 56.6 Å². The predicted molar refractivity (Wildman–Crippen MR) is 98.6 cm³/mol. The van der Waals surface area contributed by atoms with Gasteiger partial charge in [0, 0.05) is 13.6 Å². The van der Waals surface area contributed by atoms with E-state index in [-0.39, 0.29) is 18.9 Å². The number of ether oxygens (including phenoxy) is 2. The zero-order chi connectivity index (χ0) is 18.9. The van der Waals surface area contributed by atoms with E-state index in [9.17, 15) is 8.68 Å². The Bertz CT molecular complexity index is 521. The molecule has 6 nitrogen and oxygen atoms in total. The van der Waals surface area contributed by atoms with E-state index in [1.165, 1.54) is 8.87 Å². The summed E-state index contributed by atoms with van der Waals surface area (Å²) in [5, 5.41) is 0. The summed E-state index contributed by atoms with van der Waals surface area (Å²) in [5.41, 5.74) is 0.0911. The van der Waals surface area contributed by atoms with Crippen LogP contribution in [0.25, 0.3) is 0 Å². The van der Waals surface area contributed by atoms with Crippen LogP contribution in [0.1, 0.15) is 46.1 Å². The molecule has 0 bridgehead atoms. The summed E-state index contributed by atoms with van der Waals surface area (Å²) in [4.78, 5) is 17.4. The second-order valence-electron chi connectivity index (χ2n) is 5.71. The summed E-state index contributed by atoms with van der Waals surface area (Å²) >= 11 is 3.35. The van der Waals surface area contributed by atoms with Gasteiger partial charge in [-0.15, -0.1) is 3.89 Å². The monoisotopic (exact) mass is 427 g/mol. The summed E-state index contributed by atoms with van der Waals surface area (Å²) in [5.74, 6) is 0.545. The number of carbonyl (C=O) groups is 1. The number of halogens is 2. The van der Waals surface area contributed by atoms with Crippen LogP contribution in [-0.4, -0.2) is 45.7 Å². The molecule has 9 heteroatoms. The second-order valence-corrected chi connectivity index (χ2v) is 6.97. The quantitative estimate of drug-likeness (QED) is 0.613. The average Bonchev–Trinajstić information content (AvgIpc) is 2.77. The highest BCUT2D eigenvalue weighted by Gasteiger charge is 2.19. The summed E-state index contributed by atoms with van der Waals surface area (Å²) in [6, 6.07) is 0. The van der Waals surface area contributed by atoms with Crippen molar-refractivity contribution in [3.63, 3.8) is 0 Å². The van der Waals surface area contributed by atoms with E-state index in [1.807, 2.05) is 34.6 Å². The molecule has 0 N–H and O–H groups in total. The Morgan fingerprint density at radius 2 is 2.00 bits per heavy atom. The first kappa shape index (κ1) is 23.2. The lowest BCUT2D eigenvalue weighted by Gasteiger charge is -2.24. The molecule has 0 unspecified atom stereocenters. The number of nitrogens with zero attached hydrogens (tertiary/aromatic N) is 3. The van der Waals surface area contributed by atoms with Crippen LogP contribution in [0, 0.1) is 6.92 Å². The lowest BCUT2D eigenvalue weighted by Crippen LogP contribution is -2.36. The van der Waals surface area contributed by atoms with Crippen molar-refractivity contribution in [1.29, 1.82) is 0 Å². The zero-order valence-electron chi connectivity index (χ0n) is 15.4. The van der Waals surface area contributed by atoms with Crippen molar-refractivity contribution in [2.24, 2.45) is 0 Å². The third-order valence-corrected chi connectivity index (χ3v) is 4.22. The molecule has 140 valence electrons. The van der Waals surface area contributed by atoms with Crippen LogP contribution in [0.2, 0.25) is 0 Å². The SMILES string of the molecule is CC.Cc1nc(COCCN(C)C(=O)OC(C)(C)C)c(Br)n1SF. The number of carbonyl (C=O) groups excluding carboxylic acids is 1. The number of aromatic nitrogens is 2. The van der Waals surface area contributed by atoms with Crippen LogP contribution < -0.4 is 0 Å². The summed E-state index contributed by atoms with van der Waals surface area (Å²) in [6.45, 7) is 12.1. The fourth-order valence-corrected chi connectivity index (χ4v) is 2.45. The fourth-order valence-electron chi connectivity index (χ4n) is 1.52. The molecular weight excluding hydrogens is 401 g/mol. The van der Waals surface area contributed by atoms with E-state index >= 15 is 0 Å². The number of imidazole rings is 1. The van der Waals surface area contributed by atoms with Gasteiger partial charge in [0.25, 0.3) is 0 Å². The number of rotatable bonds is 6. The summed E-state index contributed by atoms with van der Waals surface area (Å²) in [6.07, 6.45) is -0.397. The third-order valence-electron chi connectivity index (χ3n) is 2.59. The lowest BCUT2D eigenvalue weighted by molar-refractivity contribution is 0.0219. The molecule has 0 atom stereocenters. The normalized spacial score (nSPS) is 10.9. The van der Waals surface area contributed by atoms with Crippen molar-refractivity contribution in [2.45, 2.75) is 53.8 Å². The molecule has 1 rings (SSSR count). The van der Waals surface area contributed by atoms with E-state index in [4.69, 9.17) is 9.47 Å². The maximum absolute atomic E-state index is 12.7. The van der Waals surface area contributed by atoms with Crippen LogP contribution in [0.5, 0.6) is 0 Å². The Labute approximate surface area is 156 Å². The van der Waals surface area contributed by atoms with Gasteiger partial charge in [-0.3, -0.25) is 0 Å². The van der Waals surface area contributed by atoms with Gasteiger partial charge in [-0.05, 0) is 43.6 Å². The minimum absolute atomic E-state index is 0.0784.